The van der Waals surface area contributed by atoms with Gasteiger partial charge in [-0.05, 0) is 31.2 Å². The van der Waals surface area contributed by atoms with Crippen LogP contribution in [-0.2, 0) is 0 Å². The maximum atomic E-state index is 12.6. The summed E-state index contributed by atoms with van der Waals surface area (Å²) in [4.78, 5) is 15.8. The largest absolute Gasteiger partial charge is 0.401 e. The molecule has 1 aromatic heterocycles. The highest BCUT2D eigenvalue weighted by atomic mass is 35.5. The van der Waals surface area contributed by atoms with E-state index < -0.39 is 18.3 Å². The zero-order chi connectivity index (χ0) is 19.8. The highest BCUT2D eigenvalue weighted by Crippen LogP contribution is 2.26. The normalized spacial score (nSPS) is 18.7. The molecule has 5 nitrogen and oxygen atoms in total. The highest BCUT2D eigenvalue weighted by molar-refractivity contribution is 6.33. The first-order valence-electron chi connectivity index (χ1n) is 8.25. The molecule has 146 valence electrons. The number of hydrogen-bond acceptors (Lipinski definition) is 4. The number of hydrogen-bond donors (Lipinski definition) is 0. The van der Waals surface area contributed by atoms with E-state index in [-0.39, 0.29) is 17.6 Å². The van der Waals surface area contributed by atoms with Gasteiger partial charge in [0.25, 0.3) is 5.56 Å². The van der Waals surface area contributed by atoms with Gasteiger partial charge >= 0.3 is 6.18 Å². The number of anilines is 1. The average Bonchev–Trinajstić information content (AvgIpc) is 2.59. The summed E-state index contributed by atoms with van der Waals surface area (Å²) in [6, 6.07) is 6.22. The molecular formula is C17H17Cl2F3N4O. The van der Waals surface area contributed by atoms with Gasteiger partial charge in [-0.3, -0.25) is 9.69 Å². The van der Waals surface area contributed by atoms with Crippen LogP contribution in [0.25, 0.3) is 5.69 Å². The molecule has 0 amide bonds. The number of piperazine rings is 1. The van der Waals surface area contributed by atoms with E-state index in [9.17, 15) is 18.0 Å². The molecule has 1 unspecified atom stereocenters. The minimum Gasteiger partial charge on any atom is -0.366 e. The van der Waals surface area contributed by atoms with Gasteiger partial charge in [0.1, 0.15) is 5.02 Å². The average molecular weight is 421 g/mol. The summed E-state index contributed by atoms with van der Waals surface area (Å²) in [5.74, 6) is 0. The lowest BCUT2D eigenvalue weighted by atomic mass is 10.1. The maximum Gasteiger partial charge on any atom is 0.401 e. The molecule has 1 aliphatic heterocycles. The quantitative estimate of drug-likeness (QED) is 0.760. The number of nitrogens with zero attached hydrogens (tertiary/aromatic N) is 4. The van der Waals surface area contributed by atoms with Crippen molar-refractivity contribution in [1.82, 2.24) is 14.7 Å². The van der Waals surface area contributed by atoms with Crippen molar-refractivity contribution in [2.45, 2.75) is 19.1 Å². The van der Waals surface area contributed by atoms with Crippen LogP contribution in [0, 0.1) is 0 Å². The van der Waals surface area contributed by atoms with Crippen molar-refractivity contribution in [2.24, 2.45) is 0 Å². The van der Waals surface area contributed by atoms with Gasteiger partial charge < -0.3 is 4.90 Å². The van der Waals surface area contributed by atoms with E-state index in [2.05, 4.69) is 5.10 Å². The van der Waals surface area contributed by atoms with Gasteiger partial charge in [0.15, 0.2) is 0 Å². The Labute approximate surface area is 163 Å². The molecule has 2 aromatic rings. The van der Waals surface area contributed by atoms with Crippen LogP contribution in [-0.4, -0.2) is 53.1 Å². The SMILES string of the molecule is CC1CN(c2cnn(-c3ccc(Cl)cc3)c(=O)c2Cl)CCN1CC(F)(F)F. The molecule has 1 aromatic carbocycles. The van der Waals surface area contributed by atoms with E-state index in [1.165, 1.54) is 11.1 Å². The monoisotopic (exact) mass is 420 g/mol. The molecule has 1 atom stereocenters. The second kappa shape index (κ2) is 7.69. The summed E-state index contributed by atoms with van der Waals surface area (Å²) in [6.45, 7) is 1.63. The fraction of sp³-hybridized carbons (Fsp3) is 0.412. The molecule has 1 fully saturated rings. The van der Waals surface area contributed by atoms with Crippen molar-refractivity contribution >= 4 is 28.9 Å². The Hall–Kier alpha value is -1.77. The van der Waals surface area contributed by atoms with Gasteiger partial charge in [0.2, 0.25) is 0 Å². The minimum absolute atomic E-state index is 0.0172. The smallest absolute Gasteiger partial charge is 0.366 e. The highest BCUT2D eigenvalue weighted by Gasteiger charge is 2.35. The lowest BCUT2D eigenvalue weighted by Gasteiger charge is -2.41. The predicted octanol–water partition coefficient (Wildman–Crippen LogP) is 3.61. The molecule has 2 heterocycles. The van der Waals surface area contributed by atoms with Crippen molar-refractivity contribution in [3.8, 4) is 5.69 Å². The summed E-state index contributed by atoms with van der Waals surface area (Å²) in [7, 11) is 0. The third-order valence-electron chi connectivity index (χ3n) is 4.46. The number of rotatable bonds is 3. The second-order valence-corrected chi connectivity index (χ2v) is 7.23. The fourth-order valence-electron chi connectivity index (χ4n) is 3.09. The van der Waals surface area contributed by atoms with E-state index in [4.69, 9.17) is 23.2 Å². The summed E-state index contributed by atoms with van der Waals surface area (Å²) in [5.41, 5.74) is 0.438. The molecular weight excluding hydrogens is 404 g/mol. The summed E-state index contributed by atoms with van der Waals surface area (Å²) < 4.78 is 39.1. The number of benzene rings is 1. The van der Waals surface area contributed by atoms with Crippen LogP contribution in [0.3, 0.4) is 0 Å². The first-order chi connectivity index (χ1) is 12.7. The van der Waals surface area contributed by atoms with Gasteiger partial charge in [-0.25, -0.2) is 0 Å². The van der Waals surface area contributed by atoms with Gasteiger partial charge in [0.05, 0.1) is 24.1 Å². The van der Waals surface area contributed by atoms with Crippen LogP contribution < -0.4 is 10.5 Å². The molecule has 0 saturated carbocycles. The van der Waals surface area contributed by atoms with Gasteiger partial charge in [-0.2, -0.15) is 23.0 Å². The van der Waals surface area contributed by atoms with E-state index in [1.54, 1.807) is 36.1 Å². The summed E-state index contributed by atoms with van der Waals surface area (Å²) >= 11 is 12.1. The molecule has 0 spiro atoms. The summed E-state index contributed by atoms with van der Waals surface area (Å²) in [5, 5.41) is 4.67. The lowest BCUT2D eigenvalue weighted by Crippen LogP contribution is -2.54. The zero-order valence-electron chi connectivity index (χ0n) is 14.4. The molecule has 3 rings (SSSR count). The Bertz CT molecular complexity index is 870. The van der Waals surface area contributed by atoms with Crippen LogP contribution >= 0.6 is 23.2 Å². The fourth-order valence-corrected chi connectivity index (χ4v) is 3.46. The molecule has 1 saturated heterocycles. The van der Waals surface area contributed by atoms with E-state index in [0.29, 0.717) is 29.5 Å². The van der Waals surface area contributed by atoms with Crippen molar-refractivity contribution < 1.29 is 13.2 Å². The Morgan fingerprint density at radius 2 is 1.85 bits per heavy atom. The van der Waals surface area contributed by atoms with Crippen molar-refractivity contribution in [3.05, 3.63) is 50.9 Å². The third kappa shape index (κ3) is 4.56. The number of alkyl halides is 3. The number of halogens is 5. The standard InChI is InChI=1S/C17H17Cl2F3N4O/c1-11-9-24(6-7-25(11)10-17(20,21)22)14-8-23-26(16(27)15(14)19)13-4-2-12(18)3-5-13/h2-5,8,11H,6-7,9-10H2,1H3. The van der Waals surface area contributed by atoms with Crippen LogP contribution in [0.2, 0.25) is 10.0 Å². The topological polar surface area (TPSA) is 41.4 Å². The minimum atomic E-state index is -4.24. The van der Waals surface area contributed by atoms with Gasteiger partial charge in [-0.1, -0.05) is 23.2 Å². The van der Waals surface area contributed by atoms with Crippen LogP contribution in [0.15, 0.2) is 35.3 Å². The van der Waals surface area contributed by atoms with Crippen molar-refractivity contribution in [2.75, 3.05) is 31.1 Å². The summed E-state index contributed by atoms with van der Waals surface area (Å²) in [6.07, 6.45) is -2.78. The molecule has 0 bridgehead atoms. The zero-order valence-corrected chi connectivity index (χ0v) is 15.9. The van der Waals surface area contributed by atoms with Crippen LogP contribution in [0.5, 0.6) is 0 Å². The van der Waals surface area contributed by atoms with Crippen LogP contribution in [0.4, 0.5) is 18.9 Å². The third-order valence-corrected chi connectivity index (χ3v) is 5.07. The van der Waals surface area contributed by atoms with Gasteiger partial charge in [0, 0.05) is 30.7 Å². The molecule has 27 heavy (non-hydrogen) atoms. The predicted molar refractivity (Wildman–Crippen MR) is 99.2 cm³/mol. The Kier molecular flexibility index (Phi) is 5.69. The lowest BCUT2D eigenvalue weighted by molar-refractivity contribution is -0.150. The Balaban J connectivity index is 1.81. The first kappa shape index (κ1) is 20.0. The van der Waals surface area contributed by atoms with E-state index >= 15 is 0 Å². The van der Waals surface area contributed by atoms with Crippen molar-refractivity contribution in [3.63, 3.8) is 0 Å². The van der Waals surface area contributed by atoms with E-state index in [1.807, 2.05) is 0 Å². The molecule has 0 N–H and O–H groups in total. The maximum absolute atomic E-state index is 12.6. The van der Waals surface area contributed by atoms with Gasteiger partial charge in [-0.15, -0.1) is 0 Å². The van der Waals surface area contributed by atoms with E-state index in [0.717, 1.165) is 4.68 Å². The second-order valence-electron chi connectivity index (χ2n) is 6.42. The van der Waals surface area contributed by atoms with Crippen LogP contribution in [0.1, 0.15) is 6.92 Å². The molecule has 0 aliphatic carbocycles. The Morgan fingerprint density at radius 3 is 2.44 bits per heavy atom. The van der Waals surface area contributed by atoms with Crippen molar-refractivity contribution in [1.29, 1.82) is 0 Å². The molecule has 1 aliphatic rings. The molecule has 10 heteroatoms. The molecule has 0 radical (unpaired) electrons. The number of aromatic nitrogens is 2. The first-order valence-corrected chi connectivity index (χ1v) is 9.01. The Morgan fingerprint density at radius 1 is 1.19 bits per heavy atom.